The molecule has 2 aromatic carbocycles. The van der Waals surface area contributed by atoms with Crippen molar-refractivity contribution in [3.05, 3.63) is 72.1 Å². The van der Waals surface area contributed by atoms with Gasteiger partial charge in [0.25, 0.3) is 5.91 Å². The molecule has 0 saturated heterocycles. The molecule has 1 aliphatic heterocycles. The number of amides is 1. The normalized spacial score (nSPS) is 12.6. The summed E-state index contributed by atoms with van der Waals surface area (Å²) in [6.45, 7) is 6.98. The molecule has 1 amide bonds. The van der Waals surface area contributed by atoms with Gasteiger partial charge in [0.2, 0.25) is 5.95 Å². The summed E-state index contributed by atoms with van der Waals surface area (Å²) in [6.07, 6.45) is 2.59. The Morgan fingerprint density at radius 1 is 1.07 bits per heavy atom. The van der Waals surface area contributed by atoms with Gasteiger partial charge in [0.15, 0.2) is 0 Å². The Morgan fingerprint density at radius 3 is 2.59 bits per heavy atom. The average Bonchev–Trinajstić information content (AvgIpc) is 3.20. The fourth-order valence-corrected chi connectivity index (χ4v) is 3.69. The molecule has 1 N–H and O–H groups in total. The number of hydrogen-bond donors (Lipinski definition) is 1. The number of carbonyl (C=O) groups is 1. The average molecular weight is 387 g/mol. The maximum Gasteiger partial charge on any atom is 0.274 e. The first kappa shape index (κ1) is 18.9. The van der Waals surface area contributed by atoms with Crippen LogP contribution in [0.25, 0.3) is 0 Å². The van der Waals surface area contributed by atoms with E-state index in [1.807, 2.05) is 36.4 Å². The minimum absolute atomic E-state index is 0.239. The number of fused-ring (bicyclic) bond motifs is 1. The molecule has 148 valence electrons. The van der Waals surface area contributed by atoms with Crippen LogP contribution >= 0.6 is 0 Å². The molecule has 6 nitrogen and oxygen atoms in total. The van der Waals surface area contributed by atoms with Gasteiger partial charge in [-0.2, -0.15) is 0 Å². The number of nitrogens with one attached hydrogen (secondary N) is 1. The first-order valence-electron chi connectivity index (χ1n) is 10.0. The number of carbonyl (C=O) groups excluding carboxylic acids is 1. The van der Waals surface area contributed by atoms with Gasteiger partial charge in [-0.3, -0.25) is 4.79 Å². The fourth-order valence-electron chi connectivity index (χ4n) is 3.69. The molecule has 4 rings (SSSR count). The van der Waals surface area contributed by atoms with Crippen LogP contribution in [0.5, 0.6) is 0 Å². The van der Waals surface area contributed by atoms with Gasteiger partial charge in [0, 0.05) is 42.9 Å². The van der Waals surface area contributed by atoms with E-state index in [0.29, 0.717) is 11.6 Å². The van der Waals surface area contributed by atoms with Crippen LogP contribution in [0, 0.1) is 0 Å². The van der Waals surface area contributed by atoms with E-state index < -0.39 is 0 Å². The molecule has 1 aliphatic rings. The molecule has 0 fully saturated rings. The van der Waals surface area contributed by atoms with Gasteiger partial charge < -0.3 is 15.1 Å². The number of nitrogens with zero attached hydrogens (tertiary/aromatic N) is 4. The van der Waals surface area contributed by atoms with E-state index in [2.05, 4.69) is 51.1 Å². The van der Waals surface area contributed by atoms with Gasteiger partial charge in [-0.1, -0.05) is 18.2 Å². The van der Waals surface area contributed by atoms with E-state index in [4.69, 9.17) is 0 Å². The van der Waals surface area contributed by atoms with E-state index in [9.17, 15) is 4.79 Å². The van der Waals surface area contributed by atoms with E-state index in [1.54, 1.807) is 12.3 Å². The van der Waals surface area contributed by atoms with Gasteiger partial charge >= 0.3 is 0 Å². The predicted molar refractivity (Wildman–Crippen MR) is 117 cm³/mol. The van der Waals surface area contributed by atoms with Crippen LogP contribution in [0.3, 0.4) is 0 Å². The van der Waals surface area contributed by atoms with Gasteiger partial charge in [0.1, 0.15) is 5.69 Å². The topological polar surface area (TPSA) is 61.4 Å². The number of hydrogen-bond acceptors (Lipinski definition) is 5. The van der Waals surface area contributed by atoms with Crippen molar-refractivity contribution in [1.29, 1.82) is 0 Å². The second-order valence-corrected chi connectivity index (χ2v) is 6.95. The smallest absolute Gasteiger partial charge is 0.274 e. The van der Waals surface area contributed by atoms with Crippen molar-refractivity contribution in [3.8, 4) is 0 Å². The summed E-state index contributed by atoms with van der Waals surface area (Å²) in [6, 6.07) is 17.8. The summed E-state index contributed by atoms with van der Waals surface area (Å²) < 4.78 is 0. The van der Waals surface area contributed by atoms with Crippen LogP contribution in [0.2, 0.25) is 0 Å². The Morgan fingerprint density at radius 2 is 1.83 bits per heavy atom. The molecule has 2 heterocycles. The third-order valence-electron chi connectivity index (χ3n) is 5.26. The zero-order valence-electron chi connectivity index (χ0n) is 16.8. The summed E-state index contributed by atoms with van der Waals surface area (Å²) in [4.78, 5) is 26.0. The lowest BCUT2D eigenvalue weighted by molar-refractivity contribution is 0.102. The minimum atomic E-state index is -0.239. The molecule has 0 unspecified atom stereocenters. The number of aromatic nitrogens is 2. The van der Waals surface area contributed by atoms with Crippen molar-refractivity contribution in [3.63, 3.8) is 0 Å². The number of rotatable bonds is 6. The van der Waals surface area contributed by atoms with Crippen molar-refractivity contribution in [1.82, 2.24) is 9.97 Å². The standard InChI is InChI=1S/C23H25N5O/c1-3-27(4-2)19-11-9-18(10-12-19)25-22(29)20-13-15-24-23(26-20)28-16-14-17-7-5-6-8-21(17)28/h5-13,15H,3-4,14,16H2,1-2H3,(H,25,29). The highest BCUT2D eigenvalue weighted by Crippen LogP contribution is 2.32. The number of benzene rings is 2. The Kier molecular flexibility index (Phi) is 5.42. The van der Waals surface area contributed by atoms with E-state index in [1.165, 1.54) is 5.56 Å². The first-order valence-corrected chi connectivity index (χ1v) is 10.0. The molecule has 0 radical (unpaired) electrons. The summed E-state index contributed by atoms with van der Waals surface area (Å²) in [5.74, 6) is 0.316. The number of anilines is 4. The highest BCUT2D eigenvalue weighted by molar-refractivity contribution is 6.03. The molecule has 0 bridgehead atoms. The maximum atomic E-state index is 12.7. The van der Waals surface area contributed by atoms with E-state index >= 15 is 0 Å². The molecule has 0 spiro atoms. The van der Waals surface area contributed by atoms with Crippen molar-refractivity contribution in [2.24, 2.45) is 0 Å². The molecule has 3 aromatic rings. The predicted octanol–water partition coefficient (Wildman–Crippen LogP) is 4.27. The van der Waals surface area contributed by atoms with E-state index in [-0.39, 0.29) is 5.91 Å². The van der Waals surface area contributed by atoms with Crippen LogP contribution in [-0.2, 0) is 6.42 Å². The molecule has 1 aromatic heterocycles. The lowest BCUT2D eigenvalue weighted by Gasteiger charge is -2.21. The number of para-hydroxylation sites is 1. The maximum absolute atomic E-state index is 12.7. The monoisotopic (exact) mass is 387 g/mol. The second-order valence-electron chi connectivity index (χ2n) is 6.95. The summed E-state index contributed by atoms with van der Waals surface area (Å²) in [5, 5.41) is 2.93. The largest absolute Gasteiger partial charge is 0.372 e. The molecule has 29 heavy (non-hydrogen) atoms. The third-order valence-corrected chi connectivity index (χ3v) is 5.26. The quantitative estimate of drug-likeness (QED) is 0.684. The Bertz CT molecular complexity index is 998. The van der Waals surface area contributed by atoms with Crippen LogP contribution in [0.15, 0.2) is 60.8 Å². The van der Waals surface area contributed by atoms with Crippen LogP contribution < -0.4 is 15.1 Å². The van der Waals surface area contributed by atoms with Crippen molar-refractivity contribution in [2.45, 2.75) is 20.3 Å². The summed E-state index contributed by atoms with van der Waals surface area (Å²) in [7, 11) is 0. The fraction of sp³-hybridized carbons (Fsp3) is 0.261. The van der Waals surface area contributed by atoms with Crippen molar-refractivity contribution >= 4 is 28.9 Å². The zero-order chi connectivity index (χ0) is 20.2. The third kappa shape index (κ3) is 3.92. The Hall–Kier alpha value is -3.41. The molecule has 0 atom stereocenters. The lowest BCUT2D eigenvalue weighted by atomic mass is 10.2. The molecular weight excluding hydrogens is 362 g/mol. The Labute approximate surface area is 171 Å². The SMILES string of the molecule is CCN(CC)c1ccc(NC(=O)c2ccnc(N3CCc4ccccc43)n2)cc1. The van der Waals surface area contributed by atoms with Crippen molar-refractivity contribution < 1.29 is 4.79 Å². The zero-order valence-corrected chi connectivity index (χ0v) is 16.8. The molecule has 0 saturated carbocycles. The Balaban J connectivity index is 1.50. The minimum Gasteiger partial charge on any atom is -0.372 e. The van der Waals surface area contributed by atoms with Crippen LogP contribution in [0.1, 0.15) is 29.9 Å². The van der Waals surface area contributed by atoms with Gasteiger partial charge in [-0.15, -0.1) is 0 Å². The second kappa shape index (κ2) is 8.31. The first-order chi connectivity index (χ1) is 14.2. The van der Waals surface area contributed by atoms with Gasteiger partial charge in [-0.25, -0.2) is 9.97 Å². The summed E-state index contributed by atoms with van der Waals surface area (Å²) in [5.41, 5.74) is 4.63. The molecule has 0 aliphatic carbocycles. The van der Waals surface area contributed by atoms with Gasteiger partial charge in [-0.05, 0) is 62.2 Å². The van der Waals surface area contributed by atoms with E-state index in [0.717, 1.165) is 43.1 Å². The highest BCUT2D eigenvalue weighted by atomic mass is 16.1. The van der Waals surface area contributed by atoms with Crippen LogP contribution in [-0.4, -0.2) is 35.5 Å². The highest BCUT2D eigenvalue weighted by Gasteiger charge is 2.22. The molecule has 6 heteroatoms. The van der Waals surface area contributed by atoms with Gasteiger partial charge in [0.05, 0.1) is 0 Å². The lowest BCUT2D eigenvalue weighted by Crippen LogP contribution is -2.22. The summed E-state index contributed by atoms with van der Waals surface area (Å²) >= 11 is 0. The van der Waals surface area contributed by atoms with Crippen LogP contribution in [0.4, 0.5) is 23.0 Å². The van der Waals surface area contributed by atoms with Crippen molar-refractivity contribution in [2.75, 3.05) is 34.8 Å². The molecular formula is C23H25N5O.